The smallest absolute Gasteiger partial charge is 0.213 e. The van der Waals surface area contributed by atoms with Gasteiger partial charge in [-0.25, -0.2) is 12.7 Å². The maximum Gasteiger partial charge on any atom is 0.213 e. The van der Waals surface area contributed by atoms with Crippen molar-refractivity contribution < 1.29 is 13.2 Å². The van der Waals surface area contributed by atoms with Crippen molar-refractivity contribution in [1.29, 1.82) is 0 Å². The van der Waals surface area contributed by atoms with Crippen LogP contribution < -0.4 is 5.32 Å². The number of guanidine groups is 1. The van der Waals surface area contributed by atoms with E-state index in [0.717, 1.165) is 51.5 Å². The Hall–Kier alpha value is -0.860. The van der Waals surface area contributed by atoms with Crippen LogP contribution in [0.5, 0.6) is 0 Å². The summed E-state index contributed by atoms with van der Waals surface area (Å²) in [5.74, 6) is 1.07. The lowest BCUT2D eigenvalue weighted by Gasteiger charge is -2.34. The summed E-state index contributed by atoms with van der Waals surface area (Å²) in [6, 6.07) is 0. The molecular weight excluding hydrogens is 328 g/mol. The Morgan fingerprint density at radius 1 is 1.29 bits per heavy atom. The average Bonchev–Trinajstić information content (AvgIpc) is 2.58. The molecule has 0 atom stereocenters. The molecule has 0 saturated carbocycles. The van der Waals surface area contributed by atoms with E-state index in [1.807, 2.05) is 6.92 Å². The first-order valence-corrected chi connectivity index (χ1v) is 10.6. The van der Waals surface area contributed by atoms with Crippen molar-refractivity contribution >= 4 is 16.0 Å². The van der Waals surface area contributed by atoms with Gasteiger partial charge >= 0.3 is 0 Å². The molecule has 1 saturated heterocycles. The predicted molar refractivity (Wildman–Crippen MR) is 98.9 cm³/mol. The van der Waals surface area contributed by atoms with E-state index < -0.39 is 10.0 Å². The fraction of sp³-hybridized carbons (Fsp3) is 0.938. The summed E-state index contributed by atoms with van der Waals surface area (Å²) in [5, 5.41) is 3.33. The zero-order valence-electron chi connectivity index (χ0n) is 15.6. The number of nitrogens with zero attached hydrogens (tertiary/aromatic N) is 3. The monoisotopic (exact) mass is 362 g/mol. The molecule has 1 heterocycles. The average molecular weight is 363 g/mol. The second-order valence-corrected chi connectivity index (χ2v) is 8.32. The summed E-state index contributed by atoms with van der Waals surface area (Å²) in [5.41, 5.74) is 0. The molecular formula is C16H34N4O3S. The predicted octanol–water partition coefficient (Wildman–Crippen LogP) is 1.12. The van der Waals surface area contributed by atoms with Gasteiger partial charge in [-0.05, 0) is 40.0 Å². The molecule has 0 spiro atoms. The molecule has 1 aliphatic heterocycles. The third-order valence-electron chi connectivity index (χ3n) is 4.21. The number of aliphatic imine (C=N–C) groups is 1. The molecule has 7 nitrogen and oxygen atoms in total. The number of likely N-dealkylation sites (tertiary alicyclic amines) is 1. The van der Waals surface area contributed by atoms with Crippen LogP contribution in [0.2, 0.25) is 0 Å². The molecule has 0 aromatic rings. The maximum atomic E-state index is 11.7. The van der Waals surface area contributed by atoms with Gasteiger partial charge in [0.1, 0.15) is 0 Å². The first-order valence-electron chi connectivity index (χ1n) is 9.03. The largest absolute Gasteiger partial charge is 0.378 e. The second kappa shape index (κ2) is 10.9. The van der Waals surface area contributed by atoms with E-state index in [9.17, 15) is 8.42 Å². The lowest BCUT2D eigenvalue weighted by molar-refractivity contribution is 0.0264. The maximum absolute atomic E-state index is 11.7. The molecule has 0 radical (unpaired) electrons. The van der Waals surface area contributed by atoms with Gasteiger partial charge in [-0.1, -0.05) is 0 Å². The highest BCUT2D eigenvalue weighted by Crippen LogP contribution is 2.13. The Labute approximate surface area is 147 Å². The fourth-order valence-electron chi connectivity index (χ4n) is 2.73. The van der Waals surface area contributed by atoms with Crippen LogP contribution in [0.25, 0.3) is 0 Å². The summed E-state index contributed by atoms with van der Waals surface area (Å²) in [6.07, 6.45) is 3.13. The van der Waals surface area contributed by atoms with E-state index in [2.05, 4.69) is 22.1 Å². The first-order chi connectivity index (χ1) is 11.4. The highest BCUT2D eigenvalue weighted by molar-refractivity contribution is 7.89. The molecule has 1 rings (SSSR count). The molecule has 0 aliphatic carbocycles. The highest BCUT2D eigenvalue weighted by atomic mass is 32.2. The van der Waals surface area contributed by atoms with Crippen molar-refractivity contribution in [2.75, 3.05) is 52.1 Å². The molecule has 0 aromatic carbocycles. The molecule has 8 heteroatoms. The van der Waals surface area contributed by atoms with Crippen molar-refractivity contribution in [3.63, 3.8) is 0 Å². The Kier molecular flexibility index (Phi) is 9.61. The number of sulfonamides is 1. The number of nitrogens with one attached hydrogen (secondary N) is 1. The van der Waals surface area contributed by atoms with Crippen molar-refractivity contribution in [3.05, 3.63) is 0 Å². The Bertz CT molecular complexity index is 474. The van der Waals surface area contributed by atoms with E-state index in [-0.39, 0.29) is 5.75 Å². The van der Waals surface area contributed by atoms with Crippen LogP contribution in [-0.2, 0) is 14.8 Å². The molecule has 1 fully saturated rings. The topological polar surface area (TPSA) is 74.2 Å². The SMILES string of the molecule is CCNC(=NCCCN(C)S(=O)(=O)CC)N1CCC(OCC)CC1. The summed E-state index contributed by atoms with van der Waals surface area (Å²) in [6.45, 7) is 10.4. The zero-order chi connectivity index (χ0) is 18.0. The minimum absolute atomic E-state index is 0.143. The third kappa shape index (κ3) is 6.94. The zero-order valence-corrected chi connectivity index (χ0v) is 16.4. The van der Waals surface area contributed by atoms with Crippen LogP contribution in [0, 0.1) is 0 Å². The Morgan fingerprint density at radius 2 is 1.96 bits per heavy atom. The van der Waals surface area contributed by atoms with Gasteiger partial charge in [0.05, 0.1) is 11.9 Å². The Balaban J connectivity index is 2.46. The first kappa shape index (κ1) is 21.2. The van der Waals surface area contributed by atoms with Gasteiger partial charge in [0.2, 0.25) is 10.0 Å². The molecule has 0 aromatic heterocycles. The van der Waals surface area contributed by atoms with Crippen LogP contribution in [0.1, 0.15) is 40.0 Å². The van der Waals surface area contributed by atoms with E-state index >= 15 is 0 Å². The molecule has 0 unspecified atom stereocenters. The highest BCUT2D eigenvalue weighted by Gasteiger charge is 2.21. The van der Waals surface area contributed by atoms with E-state index in [1.54, 1.807) is 14.0 Å². The van der Waals surface area contributed by atoms with Crippen LogP contribution >= 0.6 is 0 Å². The minimum Gasteiger partial charge on any atom is -0.378 e. The van der Waals surface area contributed by atoms with E-state index in [4.69, 9.17) is 4.74 Å². The summed E-state index contributed by atoms with van der Waals surface area (Å²) < 4.78 is 30.5. The third-order valence-corrected chi connectivity index (χ3v) is 6.07. The van der Waals surface area contributed by atoms with Crippen molar-refractivity contribution in [1.82, 2.24) is 14.5 Å². The lowest BCUT2D eigenvalue weighted by Crippen LogP contribution is -2.47. The van der Waals surface area contributed by atoms with E-state index in [0.29, 0.717) is 19.2 Å². The van der Waals surface area contributed by atoms with Gasteiger partial charge in [-0.3, -0.25) is 4.99 Å². The van der Waals surface area contributed by atoms with Crippen molar-refractivity contribution in [3.8, 4) is 0 Å². The number of hydrogen-bond acceptors (Lipinski definition) is 4. The second-order valence-electron chi connectivity index (χ2n) is 5.95. The van der Waals surface area contributed by atoms with Gasteiger partial charge in [-0.2, -0.15) is 0 Å². The number of hydrogen-bond donors (Lipinski definition) is 1. The van der Waals surface area contributed by atoms with Crippen LogP contribution in [0.4, 0.5) is 0 Å². The number of ether oxygens (including phenoxy) is 1. The van der Waals surface area contributed by atoms with Crippen LogP contribution in [0.15, 0.2) is 4.99 Å². The van der Waals surface area contributed by atoms with Crippen LogP contribution in [0.3, 0.4) is 0 Å². The van der Waals surface area contributed by atoms with Crippen molar-refractivity contribution in [2.45, 2.75) is 46.1 Å². The lowest BCUT2D eigenvalue weighted by atomic mass is 10.1. The Morgan fingerprint density at radius 3 is 2.50 bits per heavy atom. The van der Waals surface area contributed by atoms with Gasteiger partial charge in [0.25, 0.3) is 0 Å². The van der Waals surface area contributed by atoms with Gasteiger partial charge in [0, 0.05) is 46.4 Å². The van der Waals surface area contributed by atoms with Crippen LogP contribution in [-0.4, -0.2) is 81.8 Å². The molecule has 0 amide bonds. The molecule has 24 heavy (non-hydrogen) atoms. The summed E-state index contributed by atoms with van der Waals surface area (Å²) >= 11 is 0. The van der Waals surface area contributed by atoms with E-state index in [1.165, 1.54) is 4.31 Å². The van der Waals surface area contributed by atoms with Gasteiger partial charge < -0.3 is 15.0 Å². The molecule has 142 valence electrons. The van der Waals surface area contributed by atoms with Gasteiger partial charge in [0.15, 0.2) is 5.96 Å². The number of rotatable bonds is 9. The van der Waals surface area contributed by atoms with Crippen molar-refractivity contribution in [2.24, 2.45) is 4.99 Å². The quantitative estimate of drug-likeness (QED) is 0.378. The standard InChI is InChI=1S/C16H34N4O3S/c1-5-17-16(20-13-9-15(10-14-20)23-6-2)18-11-8-12-19(4)24(21,22)7-3/h15H,5-14H2,1-4H3,(H,17,18). The fourth-order valence-corrected chi connectivity index (χ4v) is 3.58. The molecule has 1 N–H and O–H groups in total. The number of piperidine rings is 1. The normalized spacial score (nSPS) is 17.5. The van der Waals surface area contributed by atoms with Gasteiger partial charge in [-0.15, -0.1) is 0 Å². The summed E-state index contributed by atoms with van der Waals surface area (Å²) in [4.78, 5) is 6.93. The summed E-state index contributed by atoms with van der Waals surface area (Å²) in [7, 11) is -1.47. The molecule has 0 bridgehead atoms. The molecule has 1 aliphatic rings. The minimum atomic E-state index is -3.10.